The van der Waals surface area contributed by atoms with Crippen molar-refractivity contribution in [3.63, 3.8) is 0 Å². The van der Waals surface area contributed by atoms with Gasteiger partial charge in [0, 0.05) is 37.4 Å². The summed E-state index contributed by atoms with van der Waals surface area (Å²) in [5.41, 5.74) is 1.10. The molecule has 0 atom stereocenters. The summed E-state index contributed by atoms with van der Waals surface area (Å²) in [6.45, 7) is 2.46. The molecule has 28 heavy (non-hydrogen) atoms. The van der Waals surface area contributed by atoms with Crippen LogP contribution in [-0.4, -0.2) is 42.5 Å². The molecule has 0 radical (unpaired) electrons. The number of carbonyl (C=O) groups is 3. The number of carbonyl (C=O) groups excluding carboxylic acids is 3. The number of hydrogen-bond donors (Lipinski definition) is 1. The van der Waals surface area contributed by atoms with Crippen LogP contribution in [0.1, 0.15) is 30.1 Å². The Morgan fingerprint density at radius 3 is 2.32 bits per heavy atom. The van der Waals surface area contributed by atoms with Crippen molar-refractivity contribution in [1.82, 2.24) is 4.90 Å². The van der Waals surface area contributed by atoms with Gasteiger partial charge in [-0.1, -0.05) is 12.1 Å². The Hall–Kier alpha value is -2.80. The number of nitrogens with zero attached hydrogens (tertiary/aromatic N) is 1. The number of rotatable bonds is 8. The Kier molecular flexibility index (Phi) is 8.07. The highest BCUT2D eigenvalue weighted by molar-refractivity contribution is 8.13. The highest BCUT2D eigenvalue weighted by Gasteiger charge is 2.14. The second-order valence-corrected chi connectivity index (χ2v) is 7.18. The molecule has 1 N–H and O–H groups in total. The van der Waals surface area contributed by atoms with Crippen LogP contribution in [-0.2, 0) is 4.79 Å². The molecule has 2 amide bonds. The van der Waals surface area contributed by atoms with Crippen LogP contribution in [0, 0.1) is 0 Å². The van der Waals surface area contributed by atoms with E-state index in [9.17, 15) is 14.4 Å². The summed E-state index contributed by atoms with van der Waals surface area (Å²) in [5.74, 6) is 0.325. The number of para-hydroxylation sites is 1. The monoisotopic (exact) mass is 400 g/mol. The minimum atomic E-state index is -0.273. The van der Waals surface area contributed by atoms with E-state index < -0.39 is 0 Å². The zero-order valence-electron chi connectivity index (χ0n) is 16.2. The molecule has 0 aliphatic heterocycles. The molecule has 2 aromatic rings. The molecular formula is C21H24N2O4S. The first kappa shape index (κ1) is 21.5. The number of benzene rings is 2. The maximum absolute atomic E-state index is 12.3. The van der Waals surface area contributed by atoms with Gasteiger partial charge in [-0.25, -0.2) is 0 Å². The Labute approximate surface area is 169 Å². The minimum absolute atomic E-state index is 0.0622. The molecule has 0 spiro atoms. The van der Waals surface area contributed by atoms with Crippen LogP contribution in [0.25, 0.3) is 0 Å². The van der Waals surface area contributed by atoms with Crippen LogP contribution in [0.4, 0.5) is 10.5 Å². The molecule has 0 saturated heterocycles. The van der Waals surface area contributed by atoms with Crippen LogP contribution in [0.3, 0.4) is 0 Å². The van der Waals surface area contributed by atoms with E-state index in [4.69, 9.17) is 4.74 Å². The SMILES string of the molecule is CCOc1ccc(C(=O)CCC(=O)Nc2ccccc2SC(=O)N(C)C)cc1. The molecular weight excluding hydrogens is 376 g/mol. The van der Waals surface area contributed by atoms with Crippen molar-refractivity contribution >= 4 is 34.4 Å². The van der Waals surface area contributed by atoms with Crippen LogP contribution >= 0.6 is 11.8 Å². The fourth-order valence-electron chi connectivity index (χ4n) is 2.33. The van der Waals surface area contributed by atoms with Gasteiger partial charge in [0.05, 0.1) is 12.3 Å². The van der Waals surface area contributed by atoms with Gasteiger partial charge in [0.15, 0.2) is 5.78 Å². The fraction of sp³-hybridized carbons (Fsp3) is 0.286. The van der Waals surface area contributed by atoms with Crippen molar-refractivity contribution in [3.05, 3.63) is 54.1 Å². The summed E-state index contributed by atoms with van der Waals surface area (Å²) in [4.78, 5) is 38.6. The number of ketones is 1. The second-order valence-electron chi connectivity index (χ2n) is 6.19. The van der Waals surface area contributed by atoms with E-state index >= 15 is 0 Å². The number of amides is 2. The molecule has 0 fully saturated rings. The van der Waals surface area contributed by atoms with Crippen molar-refractivity contribution in [3.8, 4) is 5.75 Å². The molecule has 0 aliphatic carbocycles. The van der Waals surface area contributed by atoms with Crippen LogP contribution in [0.15, 0.2) is 53.4 Å². The summed E-state index contributed by atoms with van der Waals surface area (Å²) < 4.78 is 5.35. The Morgan fingerprint density at radius 1 is 1.00 bits per heavy atom. The zero-order valence-corrected chi connectivity index (χ0v) is 17.0. The van der Waals surface area contributed by atoms with Crippen molar-refractivity contribution in [1.29, 1.82) is 0 Å². The number of Topliss-reactive ketones (excluding diaryl/α,β-unsaturated/α-hetero) is 1. The van der Waals surface area contributed by atoms with E-state index in [1.165, 1.54) is 4.90 Å². The van der Waals surface area contributed by atoms with Crippen LogP contribution in [0.5, 0.6) is 5.75 Å². The Morgan fingerprint density at radius 2 is 1.68 bits per heavy atom. The largest absolute Gasteiger partial charge is 0.494 e. The number of ether oxygens (including phenoxy) is 1. The quantitative estimate of drug-likeness (QED) is 0.523. The summed E-state index contributed by atoms with van der Waals surface area (Å²) in [5, 5.41) is 2.65. The van der Waals surface area contributed by atoms with Gasteiger partial charge in [-0.05, 0) is 55.1 Å². The van der Waals surface area contributed by atoms with Gasteiger partial charge < -0.3 is 15.0 Å². The van der Waals surface area contributed by atoms with Crippen molar-refractivity contribution in [2.75, 3.05) is 26.0 Å². The van der Waals surface area contributed by atoms with Gasteiger partial charge in [-0.15, -0.1) is 0 Å². The predicted octanol–water partition coefficient (Wildman–Crippen LogP) is 4.46. The lowest BCUT2D eigenvalue weighted by atomic mass is 10.1. The van der Waals surface area contributed by atoms with Gasteiger partial charge in [0.2, 0.25) is 5.91 Å². The average Bonchev–Trinajstić information content (AvgIpc) is 2.68. The molecule has 148 valence electrons. The van der Waals surface area contributed by atoms with E-state index in [2.05, 4.69) is 5.32 Å². The standard InChI is InChI=1S/C21H24N2O4S/c1-4-27-16-11-9-15(10-12-16)18(24)13-14-20(25)22-17-7-5-6-8-19(17)28-21(26)23(2)3/h5-12H,4,13-14H2,1-3H3,(H,22,25). The van der Waals surface area contributed by atoms with Crippen molar-refractivity contribution in [2.24, 2.45) is 0 Å². The highest BCUT2D eigenvalue weighted by atomic mass is 32.2. The molecule has 0 bridgehead atoms. The summed E-state index contributed by atoms with van der Waals surface area (Å²) in [6, 6.07) is 14.0. The lowest BCUT2D eigenvalue weighted by Crippen LogP contribution is -2.17. The fourth-order valence-corrected chi connectivity index (χ4v) is 3.08. The first-order valence-electron chi connectivity index (χ1n) is 8.94. The number of hydrogen-bond acceptors (Lipinski definition) is 5. The zero-order chi connectivity index (χ0) is 20.5. The van der Waals surface area contributed by atoms with Gasteiger partial charge in [-0.3, -0.25) is 14.4 Å². The molecule has 6 nitrogen and oxygen atoms in total. The predicted molar refractivity (Wildman–Crippen MR) is 111 cm³/mol. The van der Waals surface area contributed by atoms with Gasteiger partial charge in [-0.2, -0.15) is 0 Å². The summed E-state index contributed by atoms with van der Waals surface area (Å²) in [7, 11) is 3.34. The number of thioether (sulfide) groups is 1. The van der Waals surface area contributed by atoms with Crippen LogP contribution in [0.2, 0.25) is 0 Å². The van der Waals surface area contributed by atoms with E-state index in [1.807, 2.05) is 6.92 Å². The number of nitrogens with one attached hydrogen (secondary N) is 1. The average molecular weight is 401 g/mol. The Balaban J connectivity index is 1.92. The van der Waals surface area contributed by atoms with E-state index in [0.29, 0.717) is 28.5 Å². The number of anilines is 1. The van der Waals surface area contributed by atoms with Crippen molar-refractivity contribution in [2.45, 2.75) is 24.7 Å². The lowest BCUT2D eigenvalue weighted by molar-refractivity contribution is -0.116. The first-order valence-corrected chi connectivity index (χ1v) is 9.76. The van der Waals surface area contributed by atoms with Crippen molar-refractivity contribution < 1.29 is 19.1 Å². The van der Waals surface area contributed by atoms with Gasteiger partial charge >= 0.3 is 0 Å². The third-order valence-electron chi connectivity index (χ3n) is 3.79. The maximum atomic E-state index is 12.3. The molecule has 2 aromatic carbocycles. The van der Waals surface area contributed by atoms with Gasteiger partial charge in [0.1, 0.15) is 5.75 Å². The maximum Gasteiger partial charge on any atom is 0.286 e. The molecule has 0 aliphatic rings. The van der Waals surface area contributed by atoms with E-state index in [-0.39, 0.29) is 29.8 Å². The molecule has 0 heterocycles. The van der Waals surface area contributed by atoms with E-state index in [1.54, 1.807) is 62.6 Å². The third kappa shape index (κ3) is 6.42. The smallest absolute Gasteiger partial charge is 0.286 e. The van der Waals surface area contributed by atoms with Gasteiger partial charge in [0.25, 0.3) is 5.24 Å². The van der Waals surface area contributed by atoms with Crippen LogP contribution < -0.4 is 10.1 Å². The second kappa shape index (κ2) is 10.5. The minimum Gasteiger partial charge on any atom is -0.494 e. The topological polar surface area (TPSA) is 75.7 Å². The normalized spacial score (nSPS) is 10.2. The van der Waals surface area contributed by atoms with E-state index in [0.717, 1.165) is 11.8 Å². The summed E-state index contributed by atoms with van der Waals surface area (Å²) in [6.07, 6.45) is 0.165. The Bertz CT molecular complexity index is 835. The summed E-state index contributed by atoms with van der Waals surface area (Å²) >= 11 is 1.04. The molecule has 0 saturated carbocycles. The molecule has 0 aromatic heterocycles. The molecule has 7 heteroatoms. The third-order valence-corrected chi connectivity index (χ3v) is 4.91. The first-order chi connectivity index (χ1) is 13.4. The molecule has 0 unspecified atom stereocenters. The lowest BCUT2D eigenvalue weighted by Gasteiger charge is -2.13. The molecule has 2 rings (SSSR count). The highest BCUT2D eigenvalue weighted by Crippen LogP contribution is 2.28.